The molecule has 19 nitrogen and oxygen atoms in total. The number of nitrogens with one attached hydrogen (secondary N) is 2. The van der Waals surface area contributed by atoms with Crippen LogP contribution >= 0.6 is 18.1 Å². The second-order valence-corrected chi connectivity index (χ2v) is 15.1. The number of methoxy groups -OCH3 is 2. The number of ether oxygens (including phenoxy) is 5. The summed E-state index contributed by atoms with van der Waals surface area (Å²) in [7, 11) is 2.50. The van der Waals surface area contributed by atoms with Gasteiger partial charge in [0.05, 0.1) is 46.0 Å². The molecule has 1 amide bonds. The van der Waals surface area contributed by atoms with E-state index in [1.807, 2.05) is 0 Å². The van der Waals surface area contributed by atoms with Gasteiger partial charge in [-0.2, -0.15) is 9.97 Å². The van der Waals surface area contributed by atoms with E-state index in [1.54, 1.807) is 34.6 Å². The minimum atomic E-state index is -4.20. The van der Waals surface area contributed by atoms with Crippen LogP contribution < -0.4 is 20.9 Å². The number of fused-ring (bicyclic) bond motifs is 1. The number of nitrogens with two attached hydrogens (primary N) is 1. The van der Waals surface area contributed by atoms with Gasteiger partial charge in [-0.3, -0.25) is 13.9 Å². The maximum atomic E-state index is 14.3. The minimum absolute atomic E-state index is 0.0855. The molecule has 6 N–H and O–H groups in total. The van der Waals surface area contributed by atoms with Gasteiger partial charge in [0.25, 0.3) is 0 Å². The molecule has 21 heteroatoms. The van der Waals surface area contributed by atoms with Crippen molar-refractivity contribution in [3.8, 4) is 5.88 Å². The predicted octanol–water partition coefficient (Wildman–Crippen LogP) is 1.53. The molecule has 2 rings (SSSR count). The highest BCUT2D eigenvalue weighted by Crippen LogP contribution is 2.56. The molecule has 0 aliphatic rings. The summed E-state index contributed by atoms with van der Waals surface area (Å²) in [6, 6.07) is -2.50. The SMILES string of the molecule is CCC(OC(COP(=O)(N[C@H](C)C(=O)OC(C)C)SCC(NC(=O)OC)C(=O)OC(C)C)[C@@H](O)CO)n1cnc2c(OC)nc(N)nc21. The van der Waals surface area contributed by atoms with Crippen LogP contribution in [0.2, 0.25) is 0 Å². The number of rotatable bonds is 20. The lowest BCUT2D eigenvalue weighted by molar-refractivity contribution is -0.150. The van der Waals surface area contributed by atoms with Crippen molar-refractivity contribution in [2.24, 2.45) is 0 Å². The van der Waals surface area contributed by atoms with Crippen LogP contribution in [0.1, 0.15) is 54.2 Å². The van der Waals surface area contributed by atoms with Gasteiger partial charge >= 0.3 is 24.8 Å². The number of aliphatic hydroxyl groups excluding tert-OH is 2. The first-order valence-corrected chi connectivity index (χ1v) is 18.2. The number of alkyl carbamates (subject to hydrolysis) is 1. The summed E-state index contributed by atoms with van der Waals surface area (Å²) in [5.74, 6) is -1.88. The Kier molecular flexibility index (Phi) is 16.2. The van der Waals surface area contributed by atoms with Crippen LogP contribution in [0.5, 0.6) is 5.88 Å². The Balaban J connectivity index is 2.39. The Hall–Kier alpha value is -3.26. The maximum absolute atomic E-state index is 14.3. The van der Waals surface area contributed by atoms with Crippen LogP contribution in [-0.2, 0) is 37.6 Å². The Morgan fingerprint density at radius 2 is 1.73 bits per heavy atom. The van der Waals surface area contributed by atoms with Crippen LogP contribution in [0.15, 0.2) is 6.33 Å². The number of hydrogen-bond donors (Lipinski definition) is 5. The van der Waals surface area contributed by atoms with E-state index in [0.29, 0.717) is 23.3 Å². The Bertz CT molecular complexity index is 1410. The zero-order chi connectivity index (χ0) is 36.2. The molecule has 0 saturated carbocycles. The molecule has 6 atom stereocenters. The van der Waals surface area contributed by atoms with E-state index in [0.717, 1.165) is 7.11 Å². The van der Waals surface area contributed by atoms with Gasteiger partial charge in [-0.05, 0) is 41.0 Å². The number of aliphatic hydroxyl groups is 2. The number of esters is 2. The van der Waals surface area contributed by atoms with Gasteiger partial charge in [-0.25, -0.2) is 19.7 Å². The normalized spacial score (nSPS) is 16.1. The molecule has 0 aromatic carbocycles. The lowest BCUT2D eigenvalue weighted by Crippen LogP contribution is -2.44. The monoisotopic (exact) mass is 723 g/mol. The molecule has 0 aliphatic carbocycles. The predicted molar refractivity (Wildman–Crippen MR) is 174 cm³/mol. The molecule has 272 valence electrons. The van der Waals surface area contributed by atoms with Gasteiger partial charge in [0.2, 0.25) is 11.8 Å². The van der Waals surface area contributed by atoms with E-state index in [2.05, 4.69) is 30.1 Å². The van der Waals surface area contributed by atoms with Gasteiger partial charge in [0, 0.05) is 5.75 Å². The number of nitrogens with zero attached hydrogens (tertiary/aromatic N) is 4. The van der Waals surface area contributed by atoms with E-state index < -0.39 is 80.7 Å². The molecule has 2 aromatic rings. The lowest BCUT2D eigenvalue weighted by atomic mass is 10.2. The second kappa shape index (κ2) is 19.1. The van der Waals surface area contributed by atoms with Crippen molar-refractivity contribution in [2.45, 2.75) is 90.7 Å². The zero-order valence-corrected chi connectivity index (χ0v) is 29.9. The number of hydrogen-bond acceptors (Lipinski definition) is 17. The quantitative estimate of drug-likeness (QED) is 0.0737. The maximum Gasteiger partial charge on any atom is 0.407 e. The fourth-order valence-corrected chi connectivity index (χ4v) is 7.79. The Morgan fingerprint density at radius 3 is 2.29 bits per heavy atom. The summed E-state index contributed by atoms with van der Waals surface area (Å²) >= 11 is 0.579. The summed E-state index contributed by atoms with van der Waals surface area (Å²) < 4.78 is 48.0. The summed E-state index contributed by atoms with van der Waals surface area (Å²) in [6.45, 7) is 4.13. The van der Waals surface area contributed by atoms with Crippen molar-refractivity contribution < 1.29 is 57.4 Å². The molecule has 0 aliphatic heterocycles. The molecule has 2 aromatic heterocycles. The van der Waals surface area contributed by atoms with Crippen molar-refractivity contribution in [3.05, 3.63) is 6.33 Å². The number of carbonyl (C=O) groups is 3. The van der Waals surface area contributed by atoms with E-state index in [1.165, 1.54) is 24.9 Å². The Labute approximate surface area is 282 Å². The minimum Gasteiger partial charge on any atom is -0.479 e. The third kappa shape index (κ3) is 12.0. The zero-order valence-electron chi connectivity index (χ0n) is 28.1. The molecule has 0 radical (unpaired) electrons. The van der Waals surface area contributed by atoms with Crippen molar-refractivity contribution >= 4 is 53.2 Å². The van der Waals surface area contributed by atoms with E-state index in [4.69, 9.17) is 29.2 Å². The highest BCUT2D eigenvalue weighted by molar-refractivity contribution is 8.56. The van der Waals surface area contributed by atoms with Gasteiger partial charge in [-0.15, -0.1) is 0 Å². The molecule has 4 unspecified atom stereocenters. The van der Waals surface area contributed by atoms with E-state index >= 15 is 0 Å². The smallest absolute Gasteiger partial charge is 0.407 e. The highest BCUT2D eigenvalue weighted by atomic mass is 32.7. The molecule has 0 bridgehead atoms. The third-order valence-corrected chi connectivity index (χ3v) is 10.3. The fraction of sp³-hybridized carbons (Fsp3) is 0.704. The van der Waals surface area contributed by atoms with Crippen LogP contribution in [0.4, 0.5) is 10.7 Å². The number of nitrogen functional groups attached to an aromatic ring is 1. The Morgan fingerprint density at radius 1 is 1.08 bits per heavy atom. The first-order chi connectivity index (χ1) is 22.6. The van der Waals surface area contributed by atoms with E-state index in [-0.39, 0.29) is 23.2 Å². The average molecular weight is 724 g/mol. The van der Waals surface area contributed by atoms with Gasteiger partial charge in [0.1, 0.15) is 30.5 Å². The molecular formula is C27H46N7O12PS. The third-order valence-electron chi connectivity index (χ3n) is 6.20. The second-order valence-electron chi connectivity index (χ2n) is 10.8. The average Bonchev–Trinajstić information content (AvgIpc) is 3.45. The molecule has 0 saturated heterocycles. The largest absolute Gasteiger partial charge is 0.479 e. The summed E-state index contributed by atoms with van der Waals surface area (Å²) in [5.41, 5.74) is 6.40. The van der Waals surface area contributed by atoms with Crippen LogP contribution in [0, 0.1) is 0 Å². The fourth-order valence-electron chi connectivity index (χ4n) is 3.94. The van der Waals surface area contributed by atoms with Crippen LogP contribution in [0.25, 0.3) is 11.2 Å². The summed E-state index contributed by atoms with van der Waals surface area (Å²) in [5, 5.41) is 25.5. The molecule has 2 heterocycles. The number of imidazole rings is 1. The summed E-state index contributed by atoms with van der Waals surface area (Å²) in [6.07, 6.45) is -3.93. The van der Waals surface area contributed by atoms with Gasteiger partial charge in [0.15, 0.2) is 11.2 Å². The van der Waals surface area contributed by atoms with Crippen molar-refractivity contribution in [1.82, 2.24) is 29.9 Å². The number of carbonyl (C=O) groups excluding carboxylic acids is 3. The van der Waals surface area contributed by atoms with Crippen molar-refractivity contribution in [1.29, 1.82) is 0 Å². The van der Waals surface area contributed by atoms with Crippen molar-refractivity contribution in [3.63, 3.8) is 0 Å². The molecule has 0 fully saturated rings. The molecular weight excluding hydrogens is 677 g/mol. The lowest BCUT2D eigenvalue weighted by Gasteiger charge is -2.30. The van der Waals surface area contributed by atoms with E-state index in [9.17, 15) is 29.2 Å². The van der Waals surface area contributed by atoms with Gasteiger partial charge < -0.3 is 49.5 Å². The van der Waals surface area contributed by atoms with Crippen LogP contribution in [-0.4, -0.2) is 117 Å². The number of amides is 1. The molecule has 0 spiro atoms. The van der Waals surface area contributed by atoms with Gasteiger partial charge in [-0.1, -0.05) is 18.3 Å². The topological polar surface area (TPSA) is 258 Å². The summed E-state index contributed by atoms with van der Waals surface area (Å²) in [4.78, 5) is 49.8. The van der Waals surface area contributed by atoms with Crippen molar-refractivity contribution in [2.75, 3.05) is 38.9 Å². The van der Waals surface area contributed by atoms with Crippen LogP contribution in [0.3, 0.4) is 0 Å². The highest BCUT2D eigenvalue weighted by Gasteiger charge is 2.36. The first-order valence-electron chi connectivity index (χ1n) is 15.0. The number of anilines is 1. The number of aromatic nitrogens is 4. The first kappa shape index (κ1) is 40.9. The standard InChI is InChI=1S/C27H46N7O12PS/c1-9-20(34-13-29-21-22(34)31-26(28)32-23(21)41-7)46-19(18(36)10-35)11-43-47(40,33-16(6)24(37)44-14(2)3)48-12-17(30-27(39)42-8)25(38)45-15(4)5/h13-20,35-36H,9-12H2,1-8H3,(H,30,39)(H,33,40)(H2,28,31,32)/t16-,17?,18+,19?,20?,47?/m1/s1. The molecule has 48 heavy (non-hydrogen) atoms.